The second-order valence-electron chi connectivity index (χ2n) is 4.04. The average Bonchev–Trinajstić information content (AvgIpc) is 2.54. The molecule has 1 aromatic carbocycles. The van der Waals surface area contributed by atoms with Crippen LogP contribution in [0.2, 0.25) is 0 Å². The lowest BCUT2D eigenvalue weighted by Crippen LogP contribution is -2.05. The fourth-order valence-electron chi connectivity index (χ4n) is 1.85. The Kier molecular flexibility index (Phi) is 2.31. The van der Waals surface area contributed by atoms with Gasteiger partial charge in [0.2, 0.25) is 0 Å². The SMILES string of the molecule is Cc1ccc2c(c1)nc(C=O)n2C(C)C. The summed E-state index contributed by atoms with van der Waals surface area (Å²) in [7, 11) is 0. The van der Waals surface area contributed by atoms with Crippen molar-refractivity contribution in [2.45, 2.75) is 26.8 Å². The van der Waals surface area contributed by atoms with Crippen molar-refractivity contribution in [2.24, 2.45) is 0 Å². The first-order chi connectivity index (χ1) is 7.13. The quantitative estimate of drug-likeness (QED) is 0.702. The fraction of sp³-hybridized carbons (Fsp3) is 0.333. The van der Waals surface area contributed by atoms with E-state index in [4.69, 9.17) is 0 Å². The molecule has 0 aliphatic rings. The van der Waals surface area contributed by atoms with Crippen molar-refractivity contribution in [3.05, 3.63) is 29.6 Å². The minimum Gasteiger partial charge on any atom is -0.319 e. The molecule has 0 unspecified atom stereocenters. The molecule has 0 spiro atoms. The van der Waals surface area contributed by atoms with Crippen LogP contribution in [0.25, 0.3) is 11.0 Å². The summed E-state index contributed by atoms with van der Waals surface area (Å²) in [6.07, 6.45) is 0.815. The molecule has 3 nitrogen and oxygen atoms in total. The Hall–Kier alpha value is -1.64. The zero-order valence-corrected chi connectivity index (χ0v) is 9.19. The summed E-state index contributed by atoms with van der Waals surface area (Å²) < 4.78 is 1.96. The molecule has 0 saturated heterocycles. The molecule has 0 N–H and O–H groups in total. The molecule has 0 saturated carbocycles. The maximum absolute atomic E-state index is 10.9. The van der Waals surface area contributed by atoms with Crippen molar-refractivity contribution in [3.63, 3.8) is 0 Å². The molecule has 0 fully saturated rings. The van der Waals surface area contributed by atoms with Gasteiger partial charge in [-0.25, -0.2) is 4.98 Å². The number of fused-ring (bicyclic) bond motifs is 1. The third-order valence-electron chi connectivity index (χ3n) is 2.49. The van der Waals surface area contributed by atoms with E-state index in [1.807, 2.05) is 43.5 Å². The van der Waals surface area contributed by atoms with Crippen LogP contribution in [-0.4, -0.2) is 15.8 Å². The largest absolute Gasteiger partial charge is 0.319 e. The normalized spacial score (nSPS) is 11.2. The van der Waals surface area contributed by atoms with Gasteiger partial charge in [0.15, 0.2) is 12.1 Å². The monoisotopic (exact) mass is 202 g/mol. The van der Waals surface area contributed by atoms with Crippen molar-refractivity contribution in [1.82, 2.24) is 9.55 Å². The molecule has 0 atom stereocenters. The van der Waals surface area contributed by atoms with E-state index in [0.29, 0.717) is 5.82 Å². The van der Waals surface area contributed by atoms with Crippen LogP contribution in [0.3, 0.4) is 0 Å². The summed E-state index contributed by atoms with van der Waals surface area (Å²) in [4.78, 5) is 15.2. The molecule has 0 amide bonds. The van der Waals surface area contributed by atoms with Crippen LogP contribution in [0.4, 0.5) is 0 Å². The van der Waals surface area contributed by atoms with Crippen LogP contribution in [0.5, 0.6) is 0 Å². The molecular weight excluding hydrogens is 188 g/mol. The molecular formula is C12H14N2O. The maximum Gasteiger partial charge on any atom is 0.185 e. The highest BCUT2D eigenvalue weighted by Gasteiger charge is 2.11. The number of rotatable bonds is 2. The number of imidazole rings is 1. The van der Waals surface area contributed by atoms with Gasteiger partial charge in [0.1, 0.15) is 0 Å². The van der Waals surface area contributed by atoms with Gasteiger partial charge >= 0.3 is 0 Å². The molecule has 0 bridgehead atoms. The Morgan fingerprint density at radius 3 is 2.73 bits per heavy atom. The smallest absolute Gasteiger partial charge is 0.185 e. The van der Waals surface area contributed by atoms with Crippen molar-refractivity contribution in [3.8, 4) is 0 Å². The highest BCUT2D eigenvalue weighted by Crippen LogP contribution is 2.21. The van der Waals surface area contributed by atoms with E-state index >= 15 is 0 Å². The van der Waals surface area contributed by atoms with E-state index in [1.165, 1.54) is 0 Å². The minimum absolute atomic E-state index is 0.248. The first-order valence-electron chi connectivity index (χ1n) is 5.07. The number of hydrogen-bond donors (Lipinski definition) is 0. The van der Waals surface area contributed by atoms with Crippen molar-refractivity contribution in [2.75, 3.05) is 0 Å². The van der Waals surface area contributed by atoms with Gasteiger partial charge in [0, 0.05) is 6.04 Å². The maximum atomic E-state index is 10.9. The summed E-state index contributed by atoms with van der Waals surface area (Å²) in [6, 6.07) is 6.31. The third-order valence-corrected chi connectivity index (χ3v) is 2.49. The van der Waals surface area contributed by atoms with Gasteiger partial charge < -0.3 is 4.57 Å². The number of hydrogen-bond acceptors (Lipinski definition) is 2. The van der Waals surface area contributed by atoms with E-state index in [-0.39, 0.29) is 6.04 Å². The van der Waals surface area contributed by atoms with Crippen LogP contribution in [-0.2, 0) is 0 Å². The van der Waals surface area contributed by atoms with E-state index in [2.05, 4.69) is 4.98 Å². The second-order valence-corrected chi connectivity index (χ2v) is 4.04. The summed E-state index contributed by atoms with van der Waals surface area (Å²) in [5, 5.41) is 0. The number of nitrogens with zero attached hydrogens (tertiary/aromatic N) is 2. The molecule has 1 heterocycles. The van der Waals surface area contributed by atoms with Gasteiger partial charge in [-0.2, -0.15) is 0 Å². The highest BCUT2D eigenvalue weighted by atomic mass is 16.1. The van der Waals surface area contributed by atoms with Crippen LogP contribution >= 0.6 is 0 Å². The standard InChI is InChI=1S/C12H14N2O/c1-8(2)14-11-5-4-9(3)6-10(11)13-12(14)7-15/h4-8H,1-3H3. The van der Waals surface area contributed by atoms with Gasteiger partial charge in [0.05, 0.1) is 11.0 Å². The predicted octanol–water partition coefficient (Wildman–Crippen LogP) is 2.74. The number of benzene rings is 1. The summed E-state index contributed by atoms with van der Waals surface area (Å²) in [6.45, 7) is 6.12. The molecule has 0 radical (unpaired) electrons. The fourth-order valence-corrected chi connectivity index (χ4v) is 1.85. The van der Waals surface area contributed by atoms with Gasteiger partial charge in [-0.15, -0.1) is 0 Å². The molecule has 1 aromatic heterocycles. The highest BCUT2D eigenvalue weighted by molar-refractivity contribution is 5.83. The molecule has 3 heteroatoms. The Balaban J connectivity index is 2.80. The minimum atomic E-state index is 0.248. The lowest BCUT2D eigenvalue weighted by Gasteiger charge is -2.09. The van der Waals surface area contributed by atoms with Crippen LogP contribution in [0, 0.1) is 6.92 Å². The van der Waals surface area contributed by atoms with Crippen LogP contribution in [0.15, 0.2) is 18.2 Å². The summed E-state index contributed by atoms with van der Waals surface area (Å²) in [5.41, 5.74) is 3.08. The van der Waals surface area contributed by atoms with E-state index in [9.17, 15) is 4.79 Å². The van der Waals surface area contributed by atoms with E-state index in [1.54, 1.807) is 0 Å². The van der Waals surface area contributed by atoms with Gasteiger partial charge in [0.25, 0.3) is 0 Å². The summed E-state index contributed by atoms with van der Waals surface area (Å²) >= 11 is 0. The second kappa shape index (κ2) is 3.50. The Morgan fingerprint density at radius 2 is 2.13 bits per heavy atom. The molecule has 0 aliphatic carbocycles. The van der Waals surface area contributed by atoms with Gasteiger partial charge in [-0.3, -0.25) is 4.79 Å². The number of carbonyl (C=O) groups is 1. The molecule has 78 valence electrons. The predicted molar refractivity (Wildman–Crippen MR) is 60.2 cm³/mol. The van der Waals surface area contributed by atoms with Crippen LogP contribution < -0.4 is 0 Å². The molecule has 2 rings (SSSR count). The Labute approximate surface area is 88.7 Å². The number of aldehydes is 1. The number of carbonyl (C=O) groups excluding carboxylic acids is 1. The Morgan fingerprint density at radius 1 is 1.40 bits per heavy atom. The lowest BCUT2D eigenvalue weighted by atomic mass is 10.2. The van der Waals surface area contributed by atoms with Crippen molar-refractivity contribution < 1.29 is 4.79 Å². The average molecular weight is 202 g/mol. The third kappa shape index (κ3) is 1.54. The number of aromatic nitrogens is 2. The van der Waals surface area contributed by atoms with E-state index in [0.717, 1.165) is 22.9 Å². The van der Waals surface area contributed by atoms with E-state index < -0.39 is 0 Å². The van der Waals surface area contributed by atoms with Gasteiger partial charge in [-0.1, -0.05) is 6.07 Å². The molecule has 2 aromatic rings. The van der Waals surface area contributed by atoms with Gasteiger partial charge in [-0.05, 0) is 38.5 Å². The number of aryl methyl sites for hydroxylation is 1. The zero-order chi connectivity index (χ0) is 11.0. The molecule has 15 heavy (non-hydrogen) atoms. The lowest BCUT2D eigenvalue weighted by molar-refractivity contribution is 0.111. The first kappa shape index (κ1) is 9.90. The van der Waals surface area contributed by atoms with Crippen molar-refractivity contribution in [1.29, 1.82) is 0 Å². The zero-order valence-electron chi connectivity index (χ0n) is 9.19. The topological polar surface area (TPSA) is 34.9 Å². The Bertz CT molecular complexity index is 512. The van der Waals surface area contributed by atoms with Crippen LogP contribution in [0.1, 0.15) is 36.1 Å². The molecule has 0 aliphatic heterocycles. The van der Waals surface area contributed by atoms with Crippen molar-refractivity contribution >= 4 is 17.3 Å². The summed E-state index contributed by atoms with van der Waals surface area (Å²) in [5.74, 6) is 0.505. The first-order valence-corrected chi connectivity index (χ1v) is 5.07.